The summed E-state index contributed by atoms with van der Waals surface area (Å²) >= 11 is 0. The van der Waals surface area contributed by atoms with E-state index >= 15 is 0 Å². The van der Waals surface area contributed by atoms with E-state index in [1.54, 1.807) is 7.05 Å². The number of nitrogens with zero attached hydrogens (tertiary/aromatic N) is 1. The van der Waals surface area contributed by atoms with E-state index in [1.165, 1.54) is 4.90 Å². The molecule has 2 atom stereocenters. The maximum Gasteiger partial charge on any atom is 0.389 e. The maximum absolute atomic E-state index is 12.0. The number of hydrogen-bond donors (Lipinski definition) is 1. The van der Waals surface area contributed by atoms with Crippen LogP contribution in [0.4, 0.5) is 13.2 Å². The van der Waals surface area contributed by atoms with Gasteiger partial charge in [-0.25, -0.2) is 0 Å². The van der Waals surface area contributed by atoms with Crippen LogP contribution >= 0.6 is 0 Å². The van der Waals surface area contributed by atoms with Gasteiger partial charge in [-0.1, -0.05) is 12.8 Å². The lowest BCUT2D eigenvalue weighted by Crippen LogP contribution is -2.50. The van der Waals surface area contributed by atoms with Crippen molar-refractivity contribution in [3.05, 3.63) is 0 Å². The molecular formula is C11H19F3N2O. The molecule has 1 rings (SSSR count). The van der Waals surface area contributed by atoms with Gasteiger partial charge in [-0.2, -0.15) is 13.2 Å². The van der Waals surface area contributed by atoms with Crippen LogP contribution in [0.2, 0.25) is 0 Å². The van der Waals surface area contributed by atoms with Gasteiger partial charge in [0.2, 0.25) is 5.91 Å². The first kappa shape index (κ1) is 14.3. The van der Waals surface area contributed by atoms with Crippen LogP contribution in [-0.2, 0) is 4.79 Å². The molecule has 1 aliphatic rings. The number of amides is 1. The largest absolute Gasteiger partial charge is 0.389 e. The fourth-order valence-electron chi connectivity index (χ4n) is 2.23. The molecule has 0 aromatic carbocycles. The molecule has 2 N–H and O–H groups in total. The molecule has 100 valence electrons. The van der Waals surface area contributed by atoms with Crippen molar-refractivity contribution in [2.24, 2.45) is 5.73 Å². The summed E-state index contributed by atoms with van der Waals surface area (Å²) in [7, 11) is 1.55. The number of nitrogens with two attached hydrogens (primary N) is 1. The number of carbonyl (C=O) groups is 1. The van der Waals surface area contributed by atoms with Gasteiger partial charge in [0.25, 0.3) is 0 Å². The molecule has 0 heterocycles. The van der Waals surface area contributed by atoms with Gasteiger partial charge in [0.15, 0.2) is 0 Å². The minimum atomic E-state index is -4.27. The highest BCUT2D eigenvalue weighted by molar-refractivity contribution is 5.76. The summed E-state index contributed by atoms with van der Waals surface area (Å²) in [6.45, 7) is 0. The standard InChI is InChI=1S/C11H19F3N2O/c1-16(9-5-3-2-4-8(9)15)10(17)6-7-11(12,13)14/h8-9H,2-7,15H2,1H3. The van der Waals surface area contributed by atoms with Crippen LogP contribution < -0.4 is 5.73 Å². The summed E-state index contributed by atoms with van der Waals surface area (Å²) in [5.74, 6) is -0.468. The number of rotatable bonds is 3. The van der Waals surface area contributed by atoms with Crippen LogP contribution in [0, 0.1) is 0 Å². The number of carbonyl (C=O) groups excluding carboxylic acids is 1. The summed E-state index contributed by atoms with van der Waals surface area (Å²) in [6, 6.07) is -0.215. The molecule has 0 aromatic rings. The molecule has 0 aliphatic heterocycles. The van der Waals surface area contributed by atoms with Gasteiger partial charge in [0, 0.05) is 25.6 Å². The summed E-state index contributed by atoms with van der Waals surface area (Å²) in [5.41, 5.74) is 5.88. The minimum absolute atomic E-state index is 0.107. The SMILES string of the molecule is CN(C(=O)CCC(F)(F)F)C1CCCCC1N. The van der Waals surface area contributed by atoms with Gasteiger partial charge in [-0.15, -0.1) is 0 Å². The average molecular weight is 252 g/mol. The molecule has 1 amide bonds. The molecule has 0 aromatic heterocycles. The Morgan fingerprint density at radius 1 is 1.35 bits per heavy atom. The minimum Gasteiger partial charge on any atom is -0.341 e. The third-order valence-corrected chi connectivity index (χ3v) is 3.29. The van der Waals surface area contributed by atoms with Gasteiger partial charge >= 0.3 is 6.18 Å². The zero-order chi connectivity index (χ0) is 13.1. The van der Waals surface area contributed by atoms with E-state index in [9.17, 15) is 18.0 Å². The Kier molecular flexibility index (Phi) is 4.80. The van der Waals surface area contributed by atoms with Crippen molar-refractivity contribution in [2.45, 2.75) is 56.8 Å². The zero-order valence-electron chi connectivity index (χ0n) is 9.96. The summed E-state index contributed by atoms with van der Waals surface area (Å²) in [5, 5.41) is 0. The highest BCUT2D eigenvalue weighted by Gasteiger charge is 2.32. The Morgan fingerprint density at radius 2 is 1.94 bits per heavy atom. The average Bonchev–Trinajstić information content (AvgIpc) is 2.24. The first-order valence-corrected chi connectivity index (χ1v) is 5.89. The Balaban J connectivity index is 2.45. The van der Waals surface area contributed by atoms with E-state index in [1.807, 2.05) is 0 Å². The molecule has 1 aliphatic carbocycles. The van der Waals surface area contributed by atoms with Gasteiger partial charge in [0.1, 0.15) is 0 Å². The van der Waals surface area contributed by atoms with E-state index in [2.05, 4.69) is 0 Å². The van der Waals surface area contributed by atoms with Crippen LogP contribution in [0.1, 0.15) is 38.5 Å². The van der Waals surface area contributed by atoms with Crippen LogP contribution in [0.15, 0.2) is 0 Å². The number of hydrogen-bond acceptors (Lipinski definition) is 2. The normalized spacial score (nSPS) is 25.7. The van der Waals surface area contributed by atoms with Crippen molar-refractivity contribution in [1.82, 2.24) is 4.90 Å². The third-order valence-electron chi connectivity index (χ3n) is 3.29. The Labute approximate surface area is 99.1 Å². The molecule has 1 saturated carbocycles. The molecule has 0 spiro atoms. The predicted octanol–water partition coefficient (Wildman–Crippen LogP) is 2.06. The lowest BCUT2D eigenvalue weighted by atomic mass is 9.90. The summed E-state index contributed by atoms with van der Waals surface area (Å²) < 4.78 is 36.0. The highest BCUT2D eigenvalue weighted by Crippen LogP contribution is 2.24. The van der Waals surface area contributed by atoms with E-state index in [-0.39, 0.29) is 12.1 Å². The van der Waals surface area contributed by atoms with E-state index < -0.39 is 24.9 Å². The smallest absolute Gasteiger partial charge is 0.341 e. The lowest BCUT2D eigenvalue weighted by molar-refractivity contribution is -0.150. The van der Waals surface area contributed by atoms with E-state index in [0.717, 1.165) is 25.7 Å². The van der Waals surface area contributed by atoms with Gasteiger partial charge in [-0.05, 0) is 12.8 Å². The Bertz CT molecular complexity index is 268. The molecule has 17 heavy (non-hydrogen) atoms. The second-order valence-electron chi connectivity index (χ2n) is 4.64. The molecule has 6 heteroatoms. The van der Waals surface area contributed by atoms with Gasteiger partial charge in [-0.3, -0.25) is 4.79 Å². The number of likely N-dealkylation sites (N-methyl/N-ethyl adjacent to an activating group) is 1. The molecule has 1 fully saturated rings. The first-order chi connectivity index (χ1) is 7.81. The lowest BCUT2D eigenvalue weighted by Gasteiger charge is -2.36. The van der Waals surface area contributed by atoms with Gasteiger partial charge in [0.05, 0.1) is 6.42 Å². The van der Waals surface area contributed by atoms with Crippen molar-refractivity contribution in [2.75, 3.05) is 7.05 Å². The van der Waals surface area contributed by atoms with Crippen molar-refractivity contribution >= 4 is 5.91 Å². The Hall–Kier alpha value is -0.780. The fraction of sp³-hybridized carbons (Fsp3) is 0.909. The van der Waals surface area contributed by atoms with Crippen LogP contribution in [0.5, 0.6) is 0 Å². The van der Waals surface area contributed by atoms with Crippen molar-refractivity contribution in [1.29, 1.82) is 0 Å². The number of alkyl halides is 3. The fourth-order valence-corrected chi connectivity index (χ4v) is 2.23. The third kappa shape index (κ3) is 4.53. The molecule has 3 nitrogen and oxygen atoms in total. The van der Waals surface area contributed by atoms with Crippen molar-refractivity contribution in [3.8, 4) is 0 Å². The Morgan fingerprint density at radius 3 is 2.47 bits per heavy atom. The van der Waals surface area contributed by atoms with Crippen LogP contribution in [0.3, 0.4) is 0 Å². The van der Waals surface area contributed by atoms with E-state index in [4.69, 9.17) is 5.73 Å². The van der Waals surface area contributed by atoms with Crippen LogP contribution in [0.25, 0.3) is 0 Å². The number of halogens is 3. The molecule has 0 saturated heterocycles. The highest BCUT2D eigenvalue weighted by atomic mass is 19.4. The first-order valence-electron chi connectivity index (χ1n) is 5.89. The zero-order valence-corrected chi connectivity index (χ0v) is 9.96. The van der Waals surface area contributed by atoms with Crippen molar-refractivity contribution in [3.63, 3.8) is 0 Å². The quantitative estimate of drug-likeness (QED) is 0.835. The monoisotopic (exact) mass is 252 g/mol. The molecule has 0 bridgehead atoms. The molecule has 2 unspecified atom stereocenters. The summed E-state index contributed by atoms with van der Waals surface area (Å²) in [6.07, 6.45) is -2.18. The second-order valence-corrected chi connectivity index (χ2v) is 4.64. The topological polar surface area (TPSA) is 46.3 Å². The molecular weight excluding hydrogens is 233 g/mol. The summed E-state index contributed by atoms with van der Waals surface area (Å²) in [4.78, 5) is 13.0. The van der Waals surface area contributed by atoms with E-state index in [0.29, 0.717) is 0 Å². The second kappa shape index (κ2) is 5.71. The van der Waals surface area contributed by atoms with Crippen LogP contribution in [-0.4, -0.2) is 36.1 Å². The predicted molar refractivity (Wildman–Crippen MR) is 58.3 cm³/mol. The maximum atomic E-state index is 12.0. The van der Waals surface area contributed by atoms with Crippen molar-refractivity contribution < 1.29 is 18.0 Å². The molecule has 0 radical (unpaired) electrons. The van der Waals surface area contributed by atoms with Gasteiger partial charge < -0.3 is 10.6 Å².